The molecule has 3 rings (SSSR count). The SMILES string of the molecule is Cc1ccc(-c2ocnc2C(=O)NCC2(O)CCC2)cc1. The number of nitrogens with one attached hydrogen (secondary N) is 1. The molecule has 1 aromatic heterocycles. The zero-order valence-corrected chi connectivity index (χ0v) is 11.9. The van der Waals surface area contributed by atoms with Gasteiger partial charge >= 0.3 is 0 Å². The molecular weight excluding hydrogens is 268 g/mol. The summed E-state index contributed by atoms with van der Waals surface area (Å²) in [5.74, 6) is 0.132. The van der Waals surface area contributed by atoms with Gasteiger partial charge in [-0.1, -0.05) is 29.8 Å². The van der Waals surface area contributed by atoms with Gasteiger partial charge < -0.3 is 14.8 Å². The topological polar surface area (TPSA) is 75.4 Å². The van der Waals surface area contributed by atoms with Crippen molar-refractivity contribution in [3.63, 3.8) is 0 Å². The van der Waals surface area contributed by atoms with Crippen molar-refractivity contribution < 1.29 is 14.3 Å². The predicted molar refractivity (Wildman–Crippen MR) is 77.8 cm³/mol. The molecule has 2 N–H and O–H groups in total. The molecule has 1 amide bonds. The fraction of sp³-hybridized carbons (Fsp3) is 0.375. The Hall–Kier alpha value is -2.14. The summed E-state index contributed by atoms with van der Waals surface area (Å²) in [5, 5.41) is 12.8. The highest BCUT2D eigenvalue weighted by molar-refractivity contribution is 5.97. The van der Waals surface area contributed by atoms with Crippen LogP contribution in [0.3, 0.4) is 0 Å². The Kier molecular flexibility index (Phi) is 3.51. The molecule has 0 atom stereocenters. The number of aryl methyl sites for hydroxylation is 1. The molecule has 0 aliphatic heterocycles. The molecule has 0 saturated heterocycles. The fourth-order valence-electron chi connectivity index (χ4n) is 2.41. The van der Waals surface area contributed by atoms with E-state index in [4.69, 9.17) is 4.42 Å². The van der Waals surface area contributed by atoms with E-state index in [1.165, 1.54) is 6.39 Å². The standard InChI is InChI=1S/C16H18N2O3/c1-11-3-5-12(6-4-11)14-13(18-10-21-14)15(19)17-9-16(20)7-2-8-16/h3-6,10,20H,2,7-9H2,1H3,(H,17,19). The van der Waals surface area contributed by atoms with E-state index in [0.717, 1.165) is 30.4 Å². The van der Waals surface area contributed by atoms with Gasteiger partial charge in [0.1, 0.15) is 0 Å². The Morgan fingerprint density at radius 3 is 2.71 bits per heavy atom. The molecular formula is C16H18N2O3. The van der Waals surface area contributed by atoms with Gasteiger partial charge in [-0.3, -0.25) is 4.79 Å². The molecule has 21 heavy (non-hydrogen) atoms. The van der Waals surface area contributed by atoms with Gasteiger partial charge in [0.2, 0.25) is 0 Å². The van der Waals surface area contributed by atoms with Crippen molar-refractivity contribution in [3.05, 3.63) is 41.9 Å². The summed E-state index contributed by atoms with van der Waals surface area (Å²) in [7, 11) is 0. The number of hydrogen-bond acceptors (Lipinski definition) is 4. The summed E-state index contributed by atoms with van der Waals surface area (Å²) in [6.07, 6.45) is 3.74. The maximum absolute atomic E-state index is 12.2. The van der Waals surface area contributed by atoms with Crippen molar-refractivity contribution in [2.45, 2.75) is 31.8 Å². The molecule has 0 unspecified atom stereocenters. The highest BCUT2D eigenvalue weighted by Gasteiger charge is 2.35. The third kappa shape index (κ3) is 2.83. The largest absolute Gasteiger partial charge is 0.443 e. The van der Waals surface area contributed by atoms with E-state index < -0.39 is 5.60 Å². The van der Waals surface area contributed by atoms with Gasteiger partial charge in [0.15, 0.2) is 17.8 Å². The average Bonchev–Trinajstić information content (AvgIpc) is 2.93. The Morgan fingerprint density at radius 1 is 1.38 bits per heavy atom. The molecule has 0 radical (unpaired) electrons. The Labute approximate surface area is 123 Å². The summed E-state index contributed by atoms with van der Waals surface area (Å²) in [6, 6.07) is 7.70. The number of carbonyl (C=O) groups is 1. The van der Waals surface area contributed by atoms with Crippen LogP contribution in [0.5, 0.6) is 0 Å². The molecule has 1 saturated carbocycles. The number of hydrogen-bond donors (Lipinski definition) is 2. The van der Waals surface area contributed by atoms with E-state index in [9.17, 15) is 9.90 Å². The number of aliphatic hydroxyl groups is 1. The van der Waals surface area contributed by atoms with Gasteiger partial charge in [-0.05, 0) is 26.2 Å². The van der Waals surface area contributed by atoms with Crippen LogP contribution in [0.1, 0.15) is 35.3 Å². The highest BCUT2D eigenvalue weighted by atomic mass is 16.3. The number of aromatic nitrogens is 1. The van der Waals surface area contributed by atoms with E-state index in [0.29, 0.717) is 5.76 Å². The minimum absolute atomic E-state index is 0.252. The summed E-state index contributed by atoms with van der Waals surface area (Å²) >= 11 is 0. The molecule has 110 valence electrons. The van der Waals surface area contributed by atoms with Crippen LogP contribution in [-0.2, 0) is 0 Å². The quantitative estimate of drug-likeness (QED) is 0.904. The zero-order valence-electron chi connectivity index (χ0n) is 11.9. The maximum atomic E-state index is 12.2. The molecule has 1 fully saturated rings. The molecule has 1 aliphatic carbocycles. The van der Waals surface area contributed by atoms with E-state index >= 15 is 0 Å². The van der Waals surface area contributed by atoms with Crippen LogP contribution in [0, 0.1) is 6.92 Å². The molecule has 5 heteroatoms. The van der Waals surface area contributed by atoms with E-state index in [1.807, 2.05) is 31.2 Å². The lowest BCUT2D eigenvalue weighted by Crippen LogP contribution is -2.47. The van der Waals surface area contributed by atoms with Gasteiger partial charge in [-0.25, -0.2) is 4.98 Å². The smallest absolute Gasteiger partial charge is 0.274 e. The first-order valence-electron chi connectivity index (χ1n) is 7.08. The van der Waals surface area contributed by atoms with Crippen molar-refractivity contribution in [2.75, 3.05) is 6.54 Å². The first-order chi connectivity index (χ1) is 10.1. The monoisotopic (exact) mass is 286 g/mol. The zero-order chi connectivity index (χ0) is 14.9. The minimum Gasteiger partial charge on any atom is -0.443 e. The first-order valence-corrected chi connectivity index (χ1v) is 7.08. The normalized spacial score (nSPS) is 16.3. The lowest BCUT2D eigenvalue weighted by atomic mass is 9.80. The van der Waals surface area contributed by atoms with E-state index in [2.05, 4.69) is 10.3 Å². The van der Waals surface area contributed by atoms with Crippen molar-refractivity contribution >= 4 is 5.91 Å². The molecule has 2 aromatic rings. The molecule has 1 aliphatic rings. The highest BCUT2D eigenvalue weighted by Crippen LogP contribution is 2.31. The molecule has 5 nitrogen and oxygen atoms in total. The summed E-state index contributed by atoms with van der Waals surface area (Å²) in [4.78, 5) is 16.2. The third-order valence-electron chi connectivity index (χ3n) is 3.96. The minimum atomic E-state index is -0.747. The van der Waals surface area contributed by atoms with Crippen LogP contribution < -0.4 is 5.32 Å². The van der Waals surface area contributed by atoms with Crippen LogP contribution in [0.15, 0.2) is 35.1 Å². The van der Waals surface area contributed by atoms with Gasteiger partial charge in [-0.15, -0.1) is 0 Å². The number of nitrogens with zero attached hydrogens (tertiary/aromatic N) is 1. The summed E-state index contributed by atoms with van der Waals surface area (Å²) < 4.78 is 5.35. The predicted octanol–water partition coefficient (Wildman–Crippen LogP) is 2.29. The Morgan fingerprint density at radius 2 is 2.10 bits per heavy atom. The first kappa shape index (κ1) is 13.8. The lowest BCUT2D eigenvalue weighted by molar-refractivity contribution is -0.0300. The van der Waals surface area contributed by atoms with Crippen LogP contribution in [0.4, 0.5) is 0 Å². The van der Waals surface area contributed by atoms with Gasteiger partial charge in [0.05, 0.1) is 5.60 Å². The second-order valence-electron chi connectivity index (χ2n) is 5.66. The lowest BCUT2D eigenvalue weighted by Gasteiger charge is -2.36. The van der Waals surface area contributed by atoms with Crippen molar-refractivity contribution in [2.24, 2.45) is 0 Å². The molecule has 0 spiro atoms. The van der Waals surface area contributed by atoms with E-state index in [-0.39, 0.29) is 18.1 Å². The third-order valence-corrected chi connectivity index (χ3v) is 3.96. The second-order valence-corrected chi connectivity index (χ2v) is 5.66. The maximum Gasteiger partial charge on any atom is 0.274 e. The fourth-order valence-corrected chi connectivity index (χ4v) is 2.41. The number of benzene rings is 1. The summed E-state index contributed by atoms with van der Waals surface area (Å²) in [5.41, 5.74) is 1.45. The number of carbonyl (C=O) groups excluding carboxylic acids is 1. The second kappa shape index (κ2) is 5.33. The number of rotatable bonds is 4. The molecule has 1 heterocycles. The van der Waals surface area contributed by atoms with Crippen LogP contribution in [-0.4, -0.2) is 28.1 Å². The van der Waals surface area contributed by atoms with Crippen LogP contribution in [0.25, 0.3) is 11.3 Å². The molecule has 1 aromatic carbocycles. The van der Waals surface area contributed by atoms with Crippen LogP contribution in [0.2, 0.25) is 0 Å². The number of amides is 1. The van der Waals surface area contributed by atoms with Gasteiger partial charge in [0.25, 0.3) is 5.91 Å². The van der Waals surface area contributed by atoms with E-state index in [1.54, 1.807) is 0 Å². The average molecular weight is 286 g/mol. The Bertz CT molecular complexity index is 642. The Balaban J connectivity index is 1.75. The summed E-state index contributed by atoms with van der Waals surface area (Å²) in [6.45, 7) is 2.25. The number of oxazole rings is 1. The van der Waals surface area contributed by atoms with Crippen molar-refractivity contribution in [3.8, 4) is 11.3 Å². The molecule has 0 bridgehead atoms. The van der Waals surface area contributed by atoms with Crippen molar-refractivity contribution in [1.29, 1.82) is 0 Å². The van der Waals surface area contributed by atoms with Gasteiger partial charge in [0, 0.05) is 12.1 Å². The van der Waals surface area contributed by atoms with Crippen molar-refractivity contribution in [1.82, 2.24) is 10.3 Å². The van der Waals surface area contributed by atoms with Gasteiger partial charge in [-0.2, -0.15) is 0 Å². The van der Waals surface area contributed by atoms with Crippen LogP contribution >= 0.6 is 0 Å².